The van der Waals surface area contributed by atoms with Crippen molar-refractivity contribution in [2.45, 2.75) is 25.0 Å². The molecule has 2 atom stereocenters. The lowest BCUT2D eigenvalue weighted by atomic mass is 10.1. The van der Waals surface area contributed by atoms with Crippen LogP contribution in [0, 0.1) is 0 Å². The molecular formula is C15H18Cl2N2O3. The third-order valence-corrected chi connectivity index (χ3v) is 4.31. The molecule has 0 radical (unpaired) electrons. The molecule has 2 fully saturated rings. The lowest BCUT2D eigenvalue weighted by Gasteiger charge is -2.35. The number of nitrogens with one attached hydrogen (secondary N) is 1. The van der Waals surface area contributed by atoms with Crippen LogP contribution in [-0.2, 0) is 9.47 Å². The molecule has 0 aromatic heterocycles. The van der Waals surface area contributed by atoms with Gasteiger partial charge in [0.1, 0.15) is 6.10 Å². The summed E-state index contributed by atoms with van der Waals surface area (Å²) in [5, 5.41) is 3.80. The summed E-state index contributed by atoms with van der Waals surface area (Å²) in [7, 11) is 0. The summed E-state index contributed by atoms with van der Waals surface area (Å²) in [6.45, 7) is 2.39. The van der Waals surface area contributed by atoms with E-state index in [0.717, 1.165) is 19.4 Å². The first kappa shape index (κ1) is 15.9. The molecule has 5 nitrogen and oxygen atoms in total. The first-order valence-electron chi connectivity index (χ1n) is 7.37. The van der Waals surface area contributed by atoms with Crippen LogP contribution in [-0.4, -0.2) is 49.4 Å². The number of urea groups is 1. The number of rotatable bonds is 2. The van der Waals surface area contributed by atoms with Crippen molar-refractivity contribution in [1.82, 2.24) is 4.90 Å². The van der Waals surface area contributed by atoms with Gasteiger partial charge in [0.05, 0.1) is 19.3 Å². The molecule has 0 aliphatic carbocycles. The van der Waals surface area contributed by atoms with E-state index in [1.165, 1.54) is 0 Å². The van der Waals surface area contributed by atoms with Gasteiger partial charge in [-0.2, -0.15) is 0 Å². The van der Waals surface area contributed by atoms with Gasteiger partial charge in [-0.25, -0.2) is 4.79 Å². The van der Waals surface area contributed by atoms with Crippen LogP contribution in [0.3, 0.4) is 0 Å². The predicted octanol–water partition coefficient (Wildman–Crippen LogP) is 3.41. The molecule has 2 saturated heterocycles. The minimum absolute atomic E-state index is 0.0510. The second kappa shape index (κ2) is 7.04. The first-order valence-corrected chi connectivity index (χ1v) is 8.12. The maximum Gasteiger partial charge on any atom is 0.322 e. The zero-order valence-electron chi connectivity index (χ0n) is 12.1. The smallest absolute Gasteiger partial charge is 0.322 e. The van der Waals surface area contributed by atoms with Crippen molar-refractivity contribution in [3.8, 4) is 0 Å². The Morgan fingerprint density at radius 1 is 1.14 bits per heavy atom. The first-order chi connectivity index (χ1) is 10.6. The van der Waals surface area contributed by atoms with Crippen molar-refractivity contribution in [3.05, 3.63) is 28.2 Å². The number of amides is 2. The van der Waals surface area contributed by atoms with E-state index in [4.69, 9.17) is 32.7 Å². The molecule has 0 bridgehead atoms. The van der Waals surface area contributed by atoms with E-state index in [-0.39, 0.29) is 18.2 Å². The molecule has 2 aliphatic rings. The van der Waals surface area contributed by atoms with E-state index in [0.29, 0.717) is 35.4 Å². The van der Waals surface area contributed by atoms with Crippen molar-refractivity contribution < 1.29 is 14.3 Å². The molecule has 22 heavy (non-hydrogen) atoms. The number of hydrogen-bond acceptors (Lipinski definition) is 3. The number of hydrogen-bond donors (Lipinski definition) is 1. The quantitative estimate of drug-likeness (QED) is 0.894. The fraction of sp³-hybridized carbons (Fsp3) is 0.533. The van der Waals surface area contributed by atoms with Gasteiger partial charge < -0.3 is 19.7 Å². The standard InChI is InChI=1S/C15H18Cl2N2O3/c16-10-6-11(17)8-12(7-10)18-15(20)19-3-5-22-14(9-19)13-2-1-4-21-13/h6-8,13-14H,1-5,9H2,(H,18,20)/t13-,14+/m1/s1. The molecule has 1 N–H and O–H groups in total. The van der Waals surface area contributed by atoms with Gasteiger partial charge in [-0.05, 0) is 31.0 Å². The maximum atomic E-state index is 12.4. The summed E-state index contributed by atoms with van der Waals surface area (Å²) >= 11 is 11.9. The number of ether oxygens (including phenoxy) is 2. The summed E-state index contributed by atoms with van der Waals surface area (Å²) in [5.41, 5.74) is 0.586. The Balaban J connectivity index is 1.61. The van der Waals surface area contributed by atoms with Crippen LogP contribution >= 0.6 is 23.2 Å². The topological polar surface area (TPSA) is 50.8 Å². The molecule has 7 heteroatoms. The van der Waals surface area contributed by atoms with E-state index in [1.807, 2.05) is 0 Å². The largest absolute Gasteiger partial charge is 0.375 e. The molecule has 1 aromatic carbocycles. The van der Waals surface area contributed by atoms with Crippen LogP contribution < -0.4 is 5.32 Å². The molecule has 0 saturated carbocycles. The Morgan fingerprint density at radius 3 is 2.55 bits per heavy atom. The highest BCUT2D eigenvalue weighted by Crippen LogP contribution is 2.24. The summed E-state index contributed by atoms with van der Waals surface area (Å²) in [4.78, 5) is 14.1. The lowest BCUT2D eigenvalue weighted by Crippen LogP contribution is -2.51. The minimum Gasteiger partial charge on any atom is -0.375 e. The Labute approximate surface area is 139 Å². The van der Waals surface area contributed by atoms with E-state index >= 15 is 0 Å². The maximum absolute atomic E-state index is 12.4. The number of morpholine rings is 1. The van der Waals surface area contributed by atoms with Crippen LogP contribution in [0.2, 0.25) is 10.0 Å². The molecule has 2 aliphatic heterocycles. The van der Waals surface area contributed by atoms with Gasteiger partial charge in [-0.1, -0.05) is 23.2 Å². The van der Waals surface area contributed by atoms with Gasteiger partial charge in [0, 0.05) is 28.9 Å². The molecule has 0 spiro atoms. The number of benzene rings is 1. The average Bonchev–Trinajstić information content (AvgIpc) is 3.00. The second-order valence-corrected chi connectivity index (χ2v) is 6.37. The monoisotopic (exact) mass is 344 g/mol. The van der Waals surface area contributed by atoms with Crippen LogP contribution in [0.25, 0.3) is 0 Å². The highest BCUT2D eigenvalue weighted by Gasteiger charge is 2.32. The number of halogens is 2. The van der Waals surface area contributed by atoms with Gasteiger partial charge >= 0.3 is 6.03 Å². The third-order valence-electron chi connectivity index (χ3n) is 3.87. The van der Waals surface area contributed by atoms with E-state index in [2.05, 4.69) is 5.32 Å². The summed E-state index contributed by atoms with van der Waals surface area (Å²) in [6.07, 6.45) is 2.09. The van der Waals surface area contributed by atoms with E-state index < -0.39 is 0 Å². The molecule has 2 heterocycles. The van der Waals surface area contributed by atoms with E-state index in [1.54, 1.807) is 23.1 Å². The highest BCUT2D eigenvalue weighted by molar-refractivity contribution is 6.35. The zero-order valence-corrected chi connectivity index (χ0v) is 13.6. The van der Waals surface area contributed by atoms with Gasteiger partial charge in [-0.15, -0.1) is 0 Å². The molecule has 2 amide bonds. The third kappa shape index (κ3) is 3.84. The zero-order chi connectivity index (χ0) is 15.5. The summed E-state index contributed by atoms with van der Waals surface area (Å²) in [5.74, 6) is 0. The van der Waals surface area contributed by atoms with Crippen LogP contribution in [0.1, 0.15) is 12.8 Å². The van der Waals surface area contributed by atoms with Crippen molar-refractivity contribution >= 4 is 34.9 Å². The molecule has 0 unspecified atom stereocenters. The Morgan fingerprint density at radius 2 is 1.86 bits per heavy atom. The molecule has 120 valence electrons. The average molecular weight is 345 g/mol. The van der Waals surface area contributed by atoms with Crippen molar-refractivity contribution in [2.75, 3.05) is 31.6 Å². The second-order valence-electron chi connectivity index (χ2n) is 5.50. The molecular weight excluding hydrogens is 327 g/mol. The number of carbonyl (C=O) groups excluding carboxylic acids is 1. The highest BCUT2D eigenvalue weighted by atomic mass is 35.5. The molecule has 3 rings (SSSR count). The lowest BCUT2D eigenvalue weighted by molar-refractivity contribution is -0.0839. The van der Waals surface area contributed by atoms with Gasteiger partial charge in [0.2, 0.25) is 0 Å². The molecule has 1 aromatic rings. The van der Waals surface area contributed by atoms with Crippen molar-refractivity contribution in [2.24, 2.45) is 0 Å². The minimum atomic E-state index is -0.176. The summed E-state index contributed by atoms with van der Waals surface area (Å²) < 4.78 is 11.4. The van der Waals surface area contributed by atoms with Gasteiger partial charge in [0.25, 0.3) is 0 Å². The number of anilines is 1. The Hall–Kier alpha value is -1.01. The van der Waals surface area contributed by atoms with E-state index in [9.17, 15) is 4.79 Å². The van der Waals surface area contributed by atoms with Crippen LogP contribution in [0.15, 0.2) is 18.2 Å². The van der Waals surface area contributed by atoms with Crippen LogP contribution in [0.4, 0.5) is 10.5 Å². The Bertz CT molecular complexity index is 529. The fourth-order valence-corrected chi connectivity index (χ4v) is 3.34. The van der Waals surface area contributed by atoms with Crippen LogP contribution in [0.5, 0.6) is 0 Å². The Kier molecular flexibility index (Phi) is 5.08. The predicted molar refractivity (Wildman–Crippen MR) is 85.8 cm³/mol. The number of carbonyl (C=O) groups is 1. The van der Waals surface area contributed by atoms with Gasteiger partial charge in [-0.3, -0.25) is 0 Å². The number of nitrogens with zero attached hydrogens (tertiary/aromatic N) is 1. The van der Waals surface area contributed by atoms with Crippen molar-refractivity contribution in [1.29, 1.82) is 0 Å². The summed E-state index contributed by atoms with van der Waals surface area (Å²) in [6, 6.07) is 4.79. The SMILES string of the molecule is O=C(Nc1cc(Cl)cc(Cl)c1)N1CCO[C@H]([C@H]2CCCO2)C1. The van der Waals surface area contributed by atoms with Gasteiger partial charge in [0.15, 0.2) is 0 Å². The fourth-order valence-electron chi connectivity index (χ4n) is 2.81. The normalized spacial score (nSPS) is 25.3. The van der Waals surface area contributed by atoms with Crippen molar-refractivity contribution in [3.63, 3.8) is 0 Å².